The van der Waals surface area contributed by atoms with Gasteiger partial charge in [0.15, 0.2) is 23.0 Å². The number of rotatable bonds is 5. The van der Waals surface area contributed by atoms with Crippen LogP contribution in [-0.4, -0.2) is 46.6 Å². The molecule has 2 aliphatic heterocycles. The Balaban J connectivity index is 1.59. The molecule has 0 unspecified atom stereocenters. The van der Waals surface area contributed by atoms with Gasteiger partial charge in [0, 0.05) is 17.8 Å². The zero-order valence-corrected chi connectivity index (χ0v) is 16.7. The molecule has 154 valence electrons. The highest BCUT2D eigenvalue weighted by Gasteiger charge is 2.30. The minimum Gasteiger partial charge on any atom is -0.486 e. The predicted molar refractivity (Wildman–Crippen MR) is 105 cm³/mol. The Hall–Kier alpha value is -3.14. The van der Waals surface area contributed by atoms with Crippen LogP contribution in [0.3, 0.4) is 0 Å². The van der Waals surface area contributed by atoms with Crippen molar-refractivity contribution in [2.24, 2.45) is 0 Å². The maximum absolute atomic E-state index is 12.8. The number of carbonyl (C=O) groups is 1. The van der Waals surface area contributed by atoms with Gasteiger partial charge in [0.2, 0.25) is 22.7 Å². The first-order chi connectivity index (χ1) is 13.8. The molecule has 4 rings (SSSR count). The van der Waals surface area contributed by atoms with Crippen LogP contribution >= 0.6 is 0 Å². The number of carbonyl (C=O) groups excluding carboxylic acids is 1. The number of fused-ring (bicyclic) bond motifs is 2. The molecule has 29 heavy (non-hydrogen) atoms. The van der Waals surface area contributed by atoms with Crippen LogP contribution in [0.5, 0.6) is 23.0 Å². The molecule has 0 aliphatic carbocycles. The molecule has 9 nitrogen and oxygen atoms in total. The molecule has 0 fully saturated rings. The quantitative estimate of drug-likeness (QED) is 0.789. The average Bonchev–Trinajstić information content (AvgIpc) is 3.14. The summed E-state index contributed by atoms with van der Waals surface area (Å²) >= 11 is 0. The third-order valence-corrected chi connectivity index (χ3v) is 5.75. The first-order valence-corrected chi connectivity index (χ1v) is 10.8. The van der Waals surface area contributed by atoms with Gasteiger partial charge in [-0.1, -0.05) is 0 Å². The maximum Gasteiger partial charge on any atom is 0.247 e. The van der Waals surface area contributed by atoms with Gasteiger partial charge in [0.1, 0.15) is 19.3 Å². The summed E-state index contributed by atoms with van der Waals surface area (Å²) < 4.78 is 47.6. The largest absolute Gasteiger partial charge is 0.486 e. The number of anilines is 2. The van der Waals surface area contributed by atoms with E-state index in [9.17, 15) is 13.2 Å². The maximum atomic E-state index is 12.8. The molecule has 0 bridgehead atoms. The Morgan fingerprint density at radius 3 is 2.34 bits per heavy atom. The Morgan fingerprint density at radius 1 is 0.966 bits per heavy atom. The summed E-state index contributed by atoms with van der Waals surface area (Å²) in [5.74, 6) is 1.58. The summed E-state index contributed by atoms with van der Waals surface area (Å²) in [5.41, 5.74) is 0.784. The van der Waals surface area contributed by atoms with E-state index in [0.717, 1.165) is 10.6 Å². The van der Waals surface area contributed by atoms with Crippen LogP contribution in [-0.2, 0) is 14.8 Å². The standard InChI is InChI=1S/C19H20N2O7S/c1-12(19(22)20-13-3-5-16-17(9-13)28-11-27-16)21(29(2,23)24)14-4-6-15-18(10-14)26-8-7-25-15/h3-6,9-10,12H,7-8,11H2,1-2H3,(H,20,22)/t12-/m1/s1. The second-order valence-corrected chi connectivity index (χ2v) is 8.48. The van der Waals surface area contributed by atoms with Gasteiger partial charge in [0.05, 0.1) is 11.9 Å². The van der Waals surface area contributed by atoms with Crippen molar-refractivity contribution in [3.05, 3.63) is 36.4 Å². The fourth-order valence-electron chi connectivity index (χ4n) is 3.20. The van der Waals surface area contributed by atoms with E-state index in [1.807, 2.05) is 0 Å². The van der Waals surface area contributed by atoms with Crippen LogP contribution in [0.15, 0.2) is 36.4 Å². The molecule has 1 amide bonds. The van der Waals surface area contributed by atoms with Gasteiger partial charge in [0.25, 0.3) is 0 Å². The van der Waals surface area contributed by atoms with Crippen molar-refractivity contribution in [3.8, 4) is 23.0 Å². The number of benzene rings is 2. The molecule has 1 N–H and O–H groups in total. The molecule has 0 aromatic heterocycles. The van der Waals surface area contributed by atoms with Crippen LogP contribution < -0.4 is 28.6 Å². The Labute approximate surface area is 168 Å². The number of amides is 1. The summed E-state index contributed by atoms with van der Waals surface area (Å²) in [5, 5.41) is 2.72. The van der Waals surface area contributed by atoms with E-state index in [4.69, 9.17) is 18.9 Å². The number of ether oxygens (including phenoxy) is 4. The fraction of sp³-hybridized carbons (Fsp3) is 0.316. The SMILES string of the molecule is C[C@H](C(=O)Nc1ccc2c(c1)OCO2)N(c1ccc2c(c1)OCCO2)S(C)(=O)=O. The predicted octanol–water partition coefficient (Wildman–Crippen LogP) is 1.98. The monoisotopic (exact) mass is 420 g/mol. The highest BCUT2D eigenvalue weighted by molar-refractivity contribution is 7.92. The number of nitrogens with one attached hydrogen (secondary N) is 1. The Morgan fingerprint density at radius 2 is 1.59 bits per heavy atom. The summed E-state index contributed by atoms with van der Waals surface area (Å²) in [7, 11) is -3.76. The van der Waals surface area contributed by atoms with E-state index < -0.39 is 22.0 Å². The zero-order chi connectivity index (χ0) is 20.6. The first-order valence-electron chi connectivity index (χ1n) is 8.92. The molecule has 10 heteroatoms. The van der Waals surface area contributed by atoms with Crippen molar-refractivity contribution in [1.29, 1.82) is 0 Å². The summed E-state index contributed by atoms with van der Waals surface area (Å²) in [6, 6.07) is 8.72. The van der Waals surface area contributed by atoms with Crippen LogP contribution in [0.2, 0.25) is 0 Å². The van der Waals surface area contributed by atoms with Crippen molar-refractivity contribution >= 4 is 27.3 Å². The Kier molecular flexibility index (Phi) is 4.87. The second kappa shape index (κ2) is 7.36. The minimum atomic E-state index is -3.76. The molecule has 2 aliphatic rings. The molecule has 0 saturated carbocycles. The average molecular weight is 420 g/mol. The lowest BCUT2D eigenvalue weighted by atomic mass is 10.2. The van der Waals surface area contributed by atoms with E-state index in [-0.39, 0.29) is 6.79 Å². The highest BCUT2D eigenvalue weighted by Crippen LogP contribution is 2.36. The van der Waals surface area contributed by atoms with Crippen molar-refractivity contribution in [2.75, 3.05) is 35.9 Å². The fourth-order valence-corrected chi connectivity index (χ4v) is 4.37. The first kappa shape index (κ1) is 19.2. The van der Waals surface area contributed by atoms with Gasteiger partial charge >= 0.3 is 0 Å². The lowest BCUT2D eigenvalue weighted by Gasteiger charge is -2.29. The van der Waals surface area contributed by atoms with E-state index >= 15 is 0 Å². The van der Waals surface area contributed by atoms with E-state index in [0.29, 0.717) is 47.6 Å². The summed E-state index contributed by atoms with van der Waals surface area (Å²) in [6.07, 6.45) is 1.05. The van der Waals surface area contributed by atoms with Gasteiger partial charge in [-0.3, -0.25) is 9.10 Å². The van der Waals surface area contributed by atoms with Crippen molar-refractivity contribution in [3.63, 3.8) is 0 Å². The molecule has 2 aromatic rings. The summed E-state index contributed by atoms with van der Waals surface area (Å²) in [6.45, 7) is 2.43. The highest BCUT2D eigenvalue weighted by atomic mass is 32.2. The molecule has 2 aromatic carbocycles. The van der Waals surface area contributed by atoms with Gasteiger partial charge in [-0.25, -0.2) is 8.42 Å². The molecular formula is C19H20N2O7S. The van der Waals surface area contributed by atoms with E-state index in [1.54, 1.807) is 36.4 Å². The molecule has 0 spiro atoms. The molecule has 2 heterocycles. The van der Waals surface area contributed by atoms with Gasteiger partial charge in [-0.2, -0.15) is 0 Å². The number of sulfonamides is 1. The number of hydrogen-bond acceptors (Lipinski definition) is 7. The van der Waals surface area contributed by atoms with Crippen LogP contribution in [0.25, 0.3) is 0 Å². The molecular weight excluding hydrogens is 400 g/mol. The Bertz CT molecular complexity index is 1050. The van der Waals surface area contributed by atoms with E-state index in [2.05, 4.69) is 5.32 Å². The molecule has 0 saturated heterocycles. The van der Waals surface area contributed by atoms with Crippen molar-refractivity contribution in [2.45, 2.75) is 13.0 Å². The van der Waals surface area contributed by atoms with Crippen LogP contribution in [0.4, 0.5) is 11.4 Å². The lowest BCUT2D eigenvalue weighted by molar-refractivity contribution is -0.116. The zero-order valence-electron chi connectivity index (χ0n) is 15.9. The van der Waals surface area contributed by atoms with Crippen molar-refractivity contribution in [1.82, 2.24) is 0 Å². The smallest absolute Gasteiger partial charge is 0.247 e. The lowest BCUT2D eigenvalue weighted by Crippen LogP contribution is -2.45. The third-order valence-electron chi connectivity index (χ3n) is 4.51. The van der Waals surface area contributed by atoms with Crippen LogP contribution in [0, 0.1) is 0 Å². The van der Waals surface area contributed by atoms with Gasteiger partial charge < -0.3 is 24.3 Å². The number of nitrogens with zero attached hydrogens (tertiary/aromatic N) is 1. The second-order valence-electron chi connectivity index (χ2n) is 6.62. The molecule has 0 radical (unpaired) electrons. The summed E-state index contributed by atoms with van der Waals surface area (Å²) in [4.78, 5) is 12.8. The minimum absolute atomic E-state index is 0.120. The van der Waals surface area contributed by atoms with Gasteiger partial charge in [-0.15, -0.1) is 0 Å². The van der Waals surface area contributed by atoms with Gasteiger partial charge in [-0.05, 0) is 31.2 Å². The normalized spacial score (nSPS) is 15.5. The molecule has 1 atom stereocenters. The topological polar surface area (TPSA) is 103 Å². The third kappa shape index (κ3) is 3.88. The van der Waals surface area contributed by atoms with Crippen molar-refractivity contribution < 1.29 is 32.2 Å². The van der Waals surface area contributed by atoms with E-state index in [1.165, 1.54) is 6.92 Å². The number of hydrogen-bond donors (Lipinski definition) is 1. The van der Waals surface area contributed by atoms with Crippen LogP contribution in [0.1, 0.15) is 6.92 Å².